The molecule has 0 aromatic heterocycles. The number of amides is 1. The van der Waals surface area contributed by atoms with Gasteiger partial charge in [0.2, 0.25) is 0 Å². The molecule has 6 nitrogen and oxygen atoms in total. The number of ether oxygens (including phenoxy) is 3. The molecule has 2 aromatic rings. The smallest absolute Gasteiger partial charge is 0.340 e. The van der Waals surface area contributed by atoms with Crippen LogP contribution in [0.15, 0.2) is 48.5 Å². The average Bonchev–Trinajstić information content (AvgIpc) is 2.62. The van der Waals surface area contributed by atoms with E-state index in [0.717, 1.165) is 0 Å². The molecule has 0 heterocycles. The minimum absolute atomic E-state index is 0.260. The Balaban J connectivity index is 2.07. The molecule has 1 amide bonds. The van der Waals surface area contributed by atoms with Crippen LogP contribution < -0.4 is 14.8 Å². The molecule has 132 valence electrons. The monoisotopic (exact) mass is 343 g/mol. The Kier molecular flexibility index (Phi) is 6.39. The Labute approximate surface area is 146 Å². The summed E-state index contributed by atoms with van der Waals surface area (Å²) in [6, 6.07) is 13.7. The van der Waals surface area contributed by atoms with Crippen LogP contribution in [0.25, 0.3) is 0 Å². The van der Waals surface area contributed by atoms with Crippen molar-refractivity contribution < 1.29 is 23.8 Å². The van der Waals surface area contributed by atoms with Gasteiger partial charge in [0.05, 0.1) is 25.0 Å². The summed E-state index contributed by atoms with van der Waals surface area (Å²) in [5, 5.41) is 2.70. The first-order valence-electron chi connectivity index (χ1n) is 7.93. The summed E-state index contributed by atoms with van der Waals surface area (Å²) >= 11 is 0. The lowest BCUT2D eigenvalue weighted by molar-refractivity contribution is -0.122. The van der Waals surface area contributed by atoms with Crippen LogP contribution in [-0.4, -0.2) is 31.7 Å². The van der Waals surface area contributed by atoms with Gasteiger partial charge in [-0.1, -0.05) is 18.2 Å². The second-order valence-corrected chi connectivity index (χ2v) is 5.19. The van der Waals surface area contributed by atoms with Gasteiger partial charge in [0.25, 0.3) is 5.91 Å². The maximum absolute atomic E-state index is 12.4. The van der Waals surface area contributed by atoms with Gasteiger partial charge in [0.1, 0.15) is 11.5 Å². The summed E-state index contributed by atoms with van der Waals surface area (Å²) in [6.07, 6.45) is -0.762. The molecule has 2 rings (SSSR count). The topological polar surface area (TPSA) is 73.9 Å². The highest BCUT2D eigenvalue weighted by Gasteiger charge is 2.19. The fourth-order valence-corrected chi connectivity index (χ4v) is 2.15. The van der Waals surface area contributed by atoms with E-state index >= 15 is 0 Å². The number of methoxy groups -OCH3 is 1. The fourth-order valence-electron chi connectivity index (χ4n) is 2.15. The number of anilines is 1. The van der Waals surface area contributed by atoms with Gasteiger partial charge in [-0.2, -0.15) is 0 Å². The van der Waals surface area contributed by atoms with Crippen molar-refractivity contribution in [2.45, 2.75) is 20.0 Å². The lowest BCUT2D eigenvalue weighted by Gasteiger charge is -2.16. The molecule has 2 aromatic carbocycles. The number of hydrogen-bond donors (Lipinski definition) is 1. The number of carbonyl (C=O) groups is 2. The first-order chi connectivity index (χ1) is 12.0. The molecule has 0 spiro atoms. The van der Waals surface area contributed by atoms with E-state index < -0.39 is 12.1 Å². The Morgan fingerprint density at radius 2 is 1.80 bits per heavy atom. The first-order valence-corrected chi connectivity index (χ1v) is 7.93. The minimum Gasteiger partial charge on any atom is -0.497 e. The molecule has 0 bridgehead atoms. The van der Waals surface area contributed by atoms with Crippen molar-refractivity contribution in [1.82, 2.24) is 0 Å². The molecule has 0 unspecified atom stereocenters. The number of hydrogen-bond acceptors (Lipinski definition) is 5. The third kappa shape index (κ3) is 4.97. The van der Waals surface area contributed by atoms with E-state index in [9.17, 15) is 9.59 Å². The molecular formula is C19H21NO5. The molecule has 1 N–H and O–H groups in total. The first kappa shape index (κ1) is 18.3. The zero-order valence-electron chi connectivity index (χ0n) is 14.4. The van der Waals surface area contributed by atoms with Crippen molar-refractivity contribution in [1.29, 1.82) is 0 Å². The van der Waals surface area contributed by atoms with E-state index in [1.165, 1.54) is 0 Å². The van der Waals surface area contributed by atoms with Gasteiger partial charge < -0.3 is 19.5 Å². The summed E-state index contributed by atoms with van der Waals surface area (Å²) in [6.45, 7) is 3.61. The summed E-state index contributed by atoms with van der Waals surface area (Å²) in [7, 11) is 1.56. The maximum atomic E-state index is 12.4. The third-order valence-electron chi connectivity index (χ3n) is 3.40. The van der Waals surface area contributed by atoms with Crippen LogP contribution in [0.2, 0.25) is 0 Å². The molecule has 0 aliphatic heterocycles. The second-order valence-electron chi connectivity index (χ2n) is 5.19. The van der Waals surface area contributed by atoms with Gasteiger partial charge in [0, 0.05) is 6.07 Å². The summed E-state index contributed by atoms with van der Waals surface area (Å²) < 4.78 is 15.8. The highest BCUT2D eigenvalue weighted by molar-refractivity contribution is 6.02. The number of benzene rings is 2. The zero-order chi connectivity index (χ0) is 18.2. The lowest BCUT2D eigenvalue weighted by Crippen LogP contribution is -2.30. The molecule has 1 atom stereocenters. The Hall–Kier alpha value is -3.02. The molecule has 0 saturated carbocycles. The third-order valence-corrected chi connectivity index (χ3v) is 3.40. The molecule has 0 aliphatic rings. The van der Waals surface area contributed by atoms with E-state index in [4.69, 9.17) is 14.2 Å². The molecule has 0 aliphatic carbocycles. The van der Waals surface area contributed by atoms with Crippen LogP contribution in [0, 0.1) is 0 Å². The quantitative estimate of drug-likeness (QED) is 0.781. The SMILES string of the molecule is CCOC(=O)c1ccccc1NC(=O)[C@@H](C)Oc1cccc(OC)c1. The van der Waals surface area contributed by atoms with Crippen molar-refractivity contribution in [3.63, 3.8) is 0 Å². The number of nitrogens with one attached hydrogen (secondary N) is 1. The van der Waals surface area contributed by atoms with Crippen molar-refractivity contribution in [2.75, 3.05) is 19.0 Å². The molecule has 0 saturated heterocycles. The summed E-state index contributed by atoms with van der Waals surface area (Å²) in [5.41, 5.74) is 0.679. The van der Waals surface area contributed by atoms with E-state index in [1.807, 2.05) is 0 Å². The fraction of sp³-hybridized carbons (Fsp3) is 0.263. The minimum atomic E-state index is -0.762. The van der Waals surface area contributed by atoms with Gasteiger partial charge in [-0.25, -0.2) is 4.79 Å². The molecule has 0 fully saturated rings. The van der Waals surface area contributed by atoms with Crippen LogP contribution in [0.4, 0.5) is 5.69 Å². The summed E-state index contributed by atoms with van der Waals surface area (Å²) in [4.78, 5) is 24.3. The van der Waals surface area contributed by atoms with Crippen LogP contribution >= 0.6 is 0 Å². The number of rotatable bonds is 7. The maximum Gasteiger partial charge on any atom is 0.340 e. The van der Waals surface area contributed by atoms with Gasteiger partial charge >= 0.3 is 5.97 Å². The van der Waals surface area contributed by atoms with Crippen molar-refractivity contribution >= 4 is 17.6 Å². The normalized spacial score (nSPS) is 11.3. The number of carbonyl (C=O) groups excluding carboxylic acids is 2. The zero-order valence-corrected chi connectivity index (χ0v) is 14.4. The van der Waals surface area contributed by atoms with E-state index in [2.05, 4.69) is 5.32 Å². The highest BCUT2D eigenvalue weighted by atomic mass is 16.5. The largest absolute Gasteiger partial charge is 0.497 e. The van der Waals surface area contributed by atoms with Crippen molar-refractivity contribution in [3.8, 4) is 11.5 Å². The van der Waals surface area contributed by atoms with Gasteiger partial charge in [-0.15, -0.1) is 0 Å². The van der Waals surface area contributed by atoms with E-state index in [0.29, 0.717) is 22.7 Å². The molecule has 6 heteroatoms. The van der Waals surface area contributed by atoms with Crippen LogP contribution in [0.3, 0.4) is 0 Å². The van der Waals surface area contributed by atoms with Crippen molar-refractivity contribution in [2.24, 2.45) is 0 Å². The Bertz CT molecular complexity index is 744. The van der Waals surface area contributed by atoms with Gasteiger partial charge in [0.15, 0.2) is 6.10 Å². The standard InChI is InChI=1S/C19H21NO5/c1-4-24-19(22)16-10-5-6-11-17(16)20-18(21)13(2)25-15-9-7-8-14(12-15)23-3/h5-13H,4H2,1-3H3,(H,20,21)/t13-/m1/s1. The van der Waals surface area contributed by atoms with Crippen LogP contribution in [0.5, 0.6) is 11.5 Å². The number of para-hydroxylation sites is 1. The Morgan fingerprint density at radius 3 is 2.52 bits per heavy atom. The van der Waals surface area contributed by atoms with Gasteiger partial charge in [-0.3, -0.25) is 4.79 Å². The number of esters is 1. The Morgan fingerprint density at radius 1 is 1.08 bits per heavy atom. The highest BCUT2D eigenvalue weighted by Crippen LogP contribution is 2.21. The summed E-state index contributed by atoms with van der Waals surface area (Å²) in [5.74, 6) is 0.290. The molecule has 25 heavy (non-hydrogen) atoms. The average molecular weight is 343 g/mol. The lowest BCUT2D eigenvalue weighted by atomic mass is 10.1. The molecular weight excluding hydrogens is 322 g/mol. The predicted octanol–water partition coefficient (Wildman–Crippen LogP) is 3.28. The van der Waals surface area contributed by atoms with E-state index in [-0.39, 0.29) is 12.5 Å². The molecule has 0 radical (unpaired) electrons. The van der Waals surface area contributed by atoms with Crippen molar-refractivity contribution in [3.05, 3.63) is 54.1 Å². The van der Waals surface area contributed by atoms with Crippen LogP contribution in [0.1, 0.15) is 24.2 Å². The second kappa shape index (κ2) is 8.73. The predicted molar refractivity (Wildman–Crippen MR) is 94.1 cm³/mol. The van der Waals surface area contributed by atoms with Crippen LogP contribution in [-0.2, 0) is 9.53 Å². The van der Waals surface area contributed by atoms with Gasteiger partial charge in [-0.05, 0) is 38.1 Å². The van der Waals surface area contributed by atoms with E-state index in [1.54, 1.807) is 69.5 Å².